The molecule has 1 saturated carbocycles. The number of hydrogen-bond donors (Lipinski definition) is 0. The van der Waals surface area contributed by atoms with Crippen molar-refractivity contribution in [3.05, 3.63) is 16.1 Å². The first-order valence-corrected chi connectivity index (χ1v) is 8.79. The summed E-state index contributed by atoms with van der Waals surface area (Å²) in [6.45, 7) is 6.45. The van der Waals surface area contributed by atoms with Gasteiger partial charge in [-0.15, -0.1) is 11.3 Å². The first-order valence-electron chi connectivity index (χ1n) is 7.91. The Morgan fingerprint density at radius 2 is 1.90 bits per heavy atom. The molecule has 4 heteroatoms. The van der Waals surface area contributed by atoms with E-state index < -0.39 is 5.60 Å². The number of carbonyl (C=O) groups is 1. The Kier molecular flexibility index (Phi) is 5.20. The van der Waals surface area contributed by atoms with E-state index in [4.69, 9.17) is 4.74 Å². The molecule has 3 nitrogen and oxygen atoms in total. The number of ketones is 1. The van der Waals surface area contributed by atoms with Gasteiger partial charge in [0.25, 0.3) is 0 Å². The zero-order chi connectivity index (χ0) is 15.5. The van der Waals surface area contributed by atoms with E-state index in [2.05, 4.69) is 31.1 Å². The lowest BCUT2D eigenvalue weighted by molar-refractivity contribution is -0.142. The van der Waals surface area contributed by atoms with Crippen molar-refractivity contribution in [2.75, 3.05) is 7.11 Å². The first-order chi connectivity index (χ1) is 9.87. The standard InChI is InChI=1S/C17H27NO2S/c1-16(2,3)13-12-21-15(18-13)11-14(19)17(20-4)9-7-5-6-8-10-17/h12H,5-11H2,1-4H3. The Hall–Kier alpha value is -0.740. The van der Waals surface area contributed by atoms with Crippen molar-refractivity contribution in [2.45, 2.75) is 76.7 Å². The van der Waals surface area contributed by atoms with Crippen LogP contribution in [0.1, 0.15) is 70.0 Å². The van der Waals surface area contributed by atoms with Crippen LogP contribution in [0, 0.1) is 0 Å². The van der Waals surface area contributed by atoms with Gasteiger partial charge in [0, 0.05) is 17.9 Å². The van der Waals surface area contributed by atoms with Gasteiger partial charge in [-0.25, -0.2) is 4.98 Å². The summed E-state index contributed by atoms with van der Waals surface area (Å²) in [6, 6.07) is 0. The number of carbonyl (C=O) groups excluding carboxylic acids is 1. The van der Waals surface area contributed by atoms with Crippen molar-refractivity contribution in [2.24, 2.45) is 0 Å². The van der Waals surface area contributed by atoms with Gasteiger partial charge in [0.05, 0.1) is 12.1 Å². The molecule has 1 aliphatic carbocycles. The van der Waals surface area contributed by atoms with Crippen LogP contribution in [0.5, 0.6) is 0 Å². The lowest BCUT2D eigenvalue weighted by Crippen LogP contribution is -2.41. The molecule has 118 valence electrons. The highest BCUT2D eigenvalue weighted by atomic mass is 32.1. The fraction of sp³-hybridized carbons (Fsp3) is 0.765. The van der Waals surface area contributed by atoms with E-state index in [0.29, 0.717) is 6.42 Å². The van der Waals surface area contributed by atoms with E-state index in [1.54, 1.807) is 18.4 Å². The van der Waals surface area contributed by atoms with Crippen molar-refractivity contribution in [1.82, 2.24) is 4.98 Å². The van der Waals surface area contributed by atoms with E-state index in [9.17, 15) is 4.79 Å². The molecule has 0 amide bonds. The van der Waals surface area contributed by atoms with Crippen LogP contribution in [-0.2, 0) is 21.4 Å². The number of thiazole rings is 1. The summed E-state index contributed by atoms with van der Waals surface area (Å²) in [7, 11) is 1.69. The molecule has 0 N–H and O–H groups in total. The predicted molar refractivity (Wildman–Crippen MR) is 87.0 cm³/mol. The van der Waals surface area contributed by atoms with Crippen LogP contribution in [0.15, 0.2) is 5.38 Å². The normalized spacial score (nSPS) is 19.2. The number of methoxy groups -OCH3 is 1. The first kappa shape index (κ1) is 16.6. The summed E-state index contributed by atoms with van der Waals surface area (Å²) in [5.41, 5.74) is 0.547. The minimum Gasteiger partial charge on any atom is -0.370 e. The molecule has 1 fully saturated rings. The average molecular weight is 309 g/mol. The molecule has 2 rings (SSSR count). The van der Waals surface area contributed by atoms with E-state index in [-0.39, 0.29) is 11.2 Å². The number of aromatic nitrogens is 1. The van der Waals surface area contributed by atoms with E-state index in [0.717, 1.165) is 36.4 Å². The highest BCUT2D eigenvalue weighted by Crippen LogP contribution is 2.32. The predicted octanol–water partition coefficient (Wildman–Crippen LogP) is 4.29. The number of nitrogens with zero attached hydrogens (tertiary/aromatic N) is 1. The molecule has 0 radical (unpaired) electrons. The molecule has 21 heavy (non-hydrogen) atoms. The third kappa shape index (κ3) is 3.92. The van der Waals surface area contributed by atoms with Crippen LogP contribution >= 0.6 is 11.3 Å². The number of rotatable bonds is 4. The Morgan fingerprint density at radius 3 is 2.38 bits per heavy atom. The minimum atomic E-state index is -0.565. The third-order valence-electron chi connectivity index (χ3n) is 4.44. The number of Topliss-reactive ketones (excluding diaryl/α,β-unsaturated/α-hetero) is 1. The second-order valence-corrected chi connectivity index (χ2v) is 8.03. The topological polar surface area (TPSA) is 39.2 Å². The molecule has 1 heterocycles. The van der Waals surface area contributed by atoms with Crippen molar-refractivity contribution in [1.29, 1.82) is 0 Å². The maximum atomic E-state index is 12.8. The van der Waals surface area contributed by atoms with E-state index in [1.807, 2.05) is 0 Å². The summed E-state index contributed by atoms with van der Waals surface area (Å²) in [4.78, 5) is 17.4. The second-order valence-electron chi connectivity index (χ2n) is 7.09. The van der Waals surface area contributed by atoms with Gasteiger partial charge in [0.15, 0.2) is 5.78 Å². The second kappa shape index (κ2) is 6.57. The van der Waals surface area contributed by atoms with Crippen LogP contribution in [0.2, 0.25) is 0 Å². The quantitative estimate of drug-likeness (QED) is 0.779. The van der Waals surface area contributed by atoms with Crippen molar-refractivity contribution in [3.63, 3.8) is 0 Å². The molecule has 0 bridgehead atoms. The number of ether oxygens (including phenoxy) is 1. The van der Waals surface area contributed by atoms with Gasteiger partial charge in [-0.3, -0.25) is 4.79 Å². The third-order valence-corrected chi connectivity index (χ3v) is 5.29. The maximum Gasteiger partial charge on any atom is 0.171 e. The molecule has 0 saturated heterocycles. The van der Waals surface area contributed by atoms with Gasteiger partial charge in [-0.05, 0) is 12.8 Å². The highest BCUT2D eigenvalue weighted by Gasteiger charge is 2.38. The van der Waals surface area contributed by atoms with Gasteiger partial charge in [0.1, 0.15) is 10.6 Å². The zero-order valence-corrected chi connectivity index (χ0v) is 14.5. The lowest BCUT2D eigenvalue weighted by atomic mass is 9.88. The summed E-state index contributed by atoms with van der Waals surface area (Å²) < 4.78 is 5.69. The number of hydrogen-bond acceptors (Lipinski definition) is 4. The summed E-state index contributed by atoms with van der Waals surface area (Å²) in [5.74, 6) is 0.210. The Labute approximate surface area is 132 Å². The van der Waals surface area contributed by atoms with Gasteiger partial charge in [0.2, 0.25) is 0 Å². The van der Waals surface area contributed by atoms with Crippen molar-refractivity contribution in [3.8, 4) is 0 Å². The van der Waals surface area contributed by atoms with Crippen molar-refractivity contribution < 1.29 is 9.53 Å². The largest absolute Gasteiger partial charge is 0.370 e. The molecule has 1 aromatic rings. The molecular weight excluding hydrogens is 282 g/mol. The van der Waals surface area contributed by atoms with E-state index >= 15 is 0 Å². The molecule has 0 aromatic carbocycles. The SMILES string of the molecule is COC1(C(=O)Cc2nc(C(C)(C)C)cs2)CCCCCC1. The minimum absolute atomic E-state index is 0.0407. The van der Waals surface area contributed by atoms with Crippen molar-refractivity contribution >= 4 is 17.1 Å². The molecule has 0 unspecified atom stereocenters. The fourth-order valence-electron chi connectivity index (χ4n) is 2.93. The lowest BCUT2D eigenvalue weighted by Gasteiger charge is -2.29. The van der Waals surface area contributed by atoms with Gasteiger partial charge in [-0.2, -0.15) is 0 Å². The summed E-state index contributed by atoms with van der Waals surface area (Å²) in [6.07, 6.45) is 6.73. The summed E-state index contributed by atoms with van der Waals surface area (Å²) in [5, 5.41) is 3.00. The summed E-state index contributed by atoms with van der Waals surface area (Å²) >= 11 is 1.60. The molecule has 0 aliphatic heterocycles. The van der Waals surface area contributed by atoms with Gasteiger partial charge >= 0.3 is 0 Å². The molecule has 1 aliphatic rings. The van der Waals surface area contributed by atoms with Gasteiger partial charge < -0.3 is 4.74 Å². The van der Waals surface area contributed by atoms with Gasteiger partial charge in [-0.1, -0.05) is 46.5 Å². The highest BCUT2D eigenvalue weighted by molar-refractivity contribution is 7.09. The van der Waals surface area contributed by atoms with E-state index in [1.165, 1.54) is 12.8 Å². The Balaban J connectivity index is 2.10. The zero-order valence-electron chi connectivity index (χ0n) is 13.7. The monoisotopic (exact) mass is 309 g/mol. The molecule has 0 spiro atoms. The van der Waals surface area contributed by atoms with Crippen LogP contribution in [0.3, 0.4) is 0 Å². The Morgan fingerprint density at radius 1 is 1.29 bits per heavy atom. The van der Waals surface area contributed by atoms with Crippen LogP contribution in [-0.4, -0.2) is 23.5 Å². The Bertz CT molecular complexity index is 479. The molecule has 1 aromatic heterocycles. The smallest absolute Gasteiger partial charge is 0.171 e. The van der Waals surface area contributed by atoms with Crippen LogP contribution in [0.4, 0.5) is 0 Å². The van der Waals surface area contributed by atoms with Crippen LogP contribution < -0.4 is 0 Å². The molecule has 0 atom stereocenters. The molecular formula is C17H27NO2S. The average Bonchev–Trinajstić information content (AvgIpc) is 2.75. The fourth-order valence-corrected chi connectivity index (χ4v) is 3.95. The maximum absolute atomic E-state index is 12.8. The van der Waals surface area contributed by atoms with Crippen LogP contribution in [0.25, 0.3) is 0 Å².